The van der Waals surface area contributed by atoms with Gasteiger partial charge < -0.3 is 20.1 Å². The van der Waals surface area contributed by atoms with Gasteiger partial charge in [0, 0.05) is 31.0 Å². The van der Waals surface area contributed by atoms with Crippen LogP contribution in [0.4, 0.5) is 10.5 Å². The molecule has 2 aromatic rings. The number of rotatable bonds is 4. The average molecular weight is 341 g/mol. The second kappa shape index (κ2) is 6.80. The maximum atomic E-state index is 12.3. The van der Waals surface area contributed by atoms with Gasteiger partial charge in [-0.1, -0.05) is 6.07 Å². The first-order valence-corrected chi connectivity index (χ1v) is 7.95. The maximum Gasteiger partial charge on any atom is 0.321 e. The third kappa shape index (κ3) is 3.88. The largest absolute Gasteiger partial charge is 0.481 e. The van der Waals surface area contributed by atoms with Crippen molar-refractivity contribution in [2.75, 3.05) is 18.4 Å². The fourth-order valence-corrected chi connectivity index (χ4v) is 2.65. The molecule has 2 heterocycles. The molecule has 1 aromatic heterocycles. The highest BCUT2D eigenvalue weighted by Gasteiger charge is 2.42. The van der Waals surface area contributed by atoms with Crippen LogP contribution in [0.15, 0.2) is 48.7 Å². The van der Waals surface area contributed by atoms with Gasteiger partial charge in [-0.2, -0.15) is 0 Å². The van der Waals surface area contributed by atoms with Crippen molar-refractivity contribution in [2.45, 2.75) is 13.3 Å². The summed E-state index contributed by atoms with van der Waals surface area (Å²) in [4.78, 5) is 29.1. The smallest absolute Gasteiger partial charge is 0.321 e. The van der Waals surface area contributed by atoms with E-state index in [1.807, 2.05) is 6.07 Å². The lowest BCUT2D eigenvalue weighted by Gasteiger charge is -2.20. The zero-order valence-corrected chi connectivity index (χ0v) is 13.8. The van der Waals surface area contributed by atoms with E-state index in [-0.39, 0.29) is 12.6 Å². The fraction of sp³-hybridized carbons (Fsp3) is 0.278. The number of ether oxygens (including phenoxy) is 1. The Kier molecular flexibility index (Phi) is 4.56. The molecule has 25 heavy (non-hydrogen) atoms. The van der Waals surface area contributed by atoms with Gasteiger partial charge in [0.15, 0.2) is 0 Å². The van der Waals surface area contributed by atoms with Crippen LogP contribution in [0.5, 0.6) is 11.6 Å². The lowest BCUT2D eigenvalue weighted by Crippen LogP contribution is -2.37. The van der Waals surface area contributed by atoms with Crippen LogP contribution < -0.4 is 10.1 Å². The summed E-state index contributed by atoms with van der Waals surface area (Å²) in [7, 11) is 0. The lowest BCUT2D eigenvalue weighted by atomic mass is 9.90. The molecule has 1 saturated heterocycles. The van der Waals surface area contributed by atoms with Crippen molar-refractivity contribution in [1.29, 1.82) is 0 Å². The molecule has 3 rings (SSSR count). The van der Waals surface area contributed by atoms with E-state index in [9.17, 15) is 14.7 Å². The number of aromatic nitrogens is 1. The van der Waals surface area contributed by atoms with Gasteiger partial charge >= 0.3 is 12.0 Å². The summed E-state index contributed by atoms with van der Waals surface area (Å²) in [5, 5.41) is 12.0. The highest BCUT2D eigenvalue weighted by molar-refractivity contribution is 5.90. The second-order valence-corrected chi connectivity index (χ2v) is 6.26. The first-order chi connectivity index (χ1) is 12.0. The number of amides is 2. The van der Waals surface area contributed by atoms with E-state index in [1.165, 1.54) is 4.90 Å². The Balaban J connectivity index is 1.58. The summed E-state index contributed by atoms with van der Waals surface area (Å²) in [6.45, 7) is 2.29. The number of aliphatic carboxylic acids is 1. The number of carbonyl (C=O) groups is 2. The molecule has 1 unspecified atom stereocenters. The molecule has 130 valence electrons. The normalized spacial score (nSPS) is 19.5. The summed E-state index contributed by atoms with van der Waals surface area (Å²) in [6.07, 6.45) is 2.09. The number of hydrogen-bond acceptors (Lipinski definition) is 4. The minimum Gasteiger partial charge on any atom is -0.481 e. The van der Waals surface area contributed by atoms with Crippen LogP contribution >= 0.6 is 0 Å². The Morgan fingerprint density at radius 2 is 2.00 bits per heavy atom. The van der Waals surface area contributed by atoms with Gasteiger partial charge in [0.25, 0.3) is 0 Å². The predicted octanol–water partition coefficient (Wildman–Crippen LogP) is 3.20. The number of nitrogens with zero attached hydrogens (tertiary/aromatic N) is 2. The molecule has 0 saturated carbocycles. The Bertz CT molecular complexity index is 764. The van der Waals surface area contributed by atoms with Crippen molar-refractivity contribution in [3.05, 3.63) is 48.7 Å². The molecule has 1 aliphatic rings. The van der Waals surface area contributed by atoms with Crippen LogP contribution in [-0.4, -0.2) is 40.1 Å². The van der Waals surface area contributed by atoms with Crippen LogP contribution in [0.1, 0.15) is 13.3 Å². The minimum atomic E-state index is -0.877. The van der Waals surface area contributed by atoms with Crippen LogP contribution in [0.3, 0.4) is 0 Å². The molecule has 1 aromatic carbocycles. The standard InChI is InChI=1S/C18H19N3O4/c1-18(16(22)23)9-11-21(12-18)17(24)20-13-5-7-14(8-6-13)25-15-4-2-3-10-19-15/h2-8,10H,9,11-12H2,1H3,(H,20,24)(H,22,23). The Hall–Kier alpha value is -3.09. The summed E-state index contributed by atoms with van der Waals surface area (Å²) in [5.74, 6) is 0.222. The van der Waals surface area contributed by atoms with E-state index in [4.69, 9.17) is 4.74 Å². The van der Waals surface area contributed by atoms with Gasteiger partial charge in [-0.3, -0.25) is 4.79 Å². The number of benzene rings is 1. The molecule has 1 fully saturated rings. The number of nitrogens with one attached hydrogen (secondary N) is 1. The van der Waals surface area contributed by atoms with Gasteiger partial charge in [0.1, 0.15) is 5.75 Å². The summed E-state index contributed by atoms with van der Waals surface area (Å²) < 4.78 is 5.59. The third-order valence-electron chi connectivity index (χ3n) is 4.24. The highest BCUT2D eigenvalue weighted by atomic mass is 16.5. The van der Waals surface area contributed by atoms with Crippen molar-refractivity contribution >= 4 is 17.7 Å². The fourth-order valence-electron chi connectivity index (χ4n) is 2.65. The van der Waals surface area contributed by atoms with Gasteiger partial charge in [0.05, 0.1) is 5.41 Å². The molecule has 1 aliphatic heterocycles. The molecule has 0 bridgehead atoms. The van der Waals surface area contributed by atoms with Crippen molar-refractivity contribution in [3.63, 3.8) is 0 Å². The zero-order chi connectivity index (χ0) is 17.9. The van der Waals surface area contributed by atoms with Crippen molar-refractivity contribution in [2.24, 2.45) is 5.41 Å². The van der Waals surface area contributed by atoms with E-state index in [0.717, 1.165) is 0 Å². The van der Waals surface area contributed by atoms with Gasteiger partial charge in [0.2, 0.25) is 5.88 Å². The van der Waals surface area contributed by atoms with E-state index in [2.05, 4.69) is 10.3 Å². The van der Waals surface area contributed by atoms with Gasteiger partial charge in [-0.05, 0) is 43.7 Å². The second-order valence-electron chi connectivity index (χ2n) is 6.26. The van der Waals surface area contributed by atoms with Crippen LogP contribution in [0.25, 0.3) is 0 Å². The summed E-state index contributed by atoms with van der Waals surface area (Å²) >= 11 is 0. The summed E-state index contributed by atoms with van der Waals surface area (Å²) in [5.41, 5.74) is -0.264. The van der Waals surface area contributed by atoms with E-state index < -0.39 is 11.4 Å². The Labute approximate surface area is 145 Å². The molecule has 0 spiro atoms. The average Bonchev–Trinajstić information content (AvgIpc) is 3.02. The highest BCUT2D eigenvalue weighted by Crippen LogP contribution is 2.30. The molecule has 7 nitrogen and oxygen atoms in total. The molecular formula is C18H19N3O4. The molecule has 2 N–H and O–H groups in total. The molecule has 7 heteroatoms. The third-order valence-corrected chi connectivity index (χ3v) is 4.24. The van der Waals surface area contributed by atoms with Gasteiger partial charge in [-0.25, -0.2) is 9.78 Å². The monoisotopic (exact) mass is 341 g/mol. The number of carboxylic acid groups (broad SMARTS) is 1. The number of pyridine rings is 1. The van der Waals surface area contributed by atoms with Crippen LogP contribution in [0.2, 0.25) is 0 Å². The molecule has 1 atom stereocenters. The van der Waals surface area contributed by atoms with E-state index in [0.29, 0.717) is 30.3 Å². The zero-order valence-electron chi connectivity index (χ0n) is 13.8. The Morgan fingerprint density at radius 3 is 2.60 bits per heavy atom. The molecular weight excluding hydrogens is 322 g/mol. The van der Waals surface area contributed by atoms with Crippen molar-refractivity contribution in [3.8, 4) is 11.6 Å². The number of carboxylic acids is 1. The SMILES string of the molecule is CC1(C(=O)O)CCN(C(=O)Nc2ccc(Oc3ccccn3)cc2)C1. The number of carbonyl (C=O) groups excluding carboxylic acids is 1. The molecule has 0 radical (unpaired) electrons. The van der Waals surface area contributed by atoms with Crippen molar-refractivity contribution in [1.82, 2.24) is 9.88 Å². The predicted molar refractivity (Wildman–Crippen MR) is 91.7 cm³/mol. The lowest BCUT2D eigenvalue weighted by molar-refractivity contribution is -0.146. The first-order valence-electron chi connectivity index (χ1n) is 7.95. The quantitative estimate of drug-likeness (QED) is 0.891. The number of hydrogen-bond donors (Lipinski definition) is 2. The minimum absolute atomic E-state index is 0.203. The van der Waals surface area contributed by atoms with Crippen molar-refractivity contribution < 1.29 is 19.4 Å². The topological polar surface area (TPSA) is 91.8 Å². The molecule has 2 amide bonds. The number of anilines is 1. The maximum absolute atomic E-state index is 12.3. The number of likely N-dealkylation sites (tertiary alicyclic amines) is 1. The van der Waals surface area contributed by atoms with E-state index >= 15 is 0 Å². The molecule has 0 aliphatic carbocycles. The van der Waals surface area contributed by atoms with E-state index in [1.54, 1.807) is 49.5 Å². The van der Waals surface area contributed by atoms with Crippen LogP contribution in [-0.2, 0) is 4.79 Å². The van der Waals surface area contributed by atoms with Crippen LogP contribution in [0, 0.1) is 5.41 Å². The first kappa shape index (κ1) is 16.8. The Morgan fingerprint density at radius 1 is 1.24 bits per heavy atom. The van der Waals surface area contributed by atoms with Gasteiger partial charge in [-0.15, -0.1) is 0 Å². The summed E-state index contributed by atoms with van der Waals surface area (Å²) in [6, 6.07) is 12.0. The number of urea groups is 1.